The average molecular weight is 247 g/mol. The average Bonchev–Trinajstić information content (AvgIpc) is 2.62. The Balaban J connectivity index is 1.85. The molecule has 0 saturated carbocycles. The molecule has 2 atom stereocenters. The maximum absolute atomic E-state index is 11.0. The van der Waals surface area contributed by atoms with Gasteiger partial charge in [0.15, 0.2) is 0 Å². The highest BCUT2D eigenvalue weighted by atomic mass is 16.3. The number of nitrogens with two attached hydrogens (primary N) is 1. The molecule has 2 aliphatic rings. The van der Waals surface area contributed by atoms with E-state index in [9.17, 15) is 9.90 Å². The van der Waals surface area contributed by atoms with Gasteiger partial charge in [-0.3, -0.25) is 4.79 Å². The highest BCUT2D eigenvalue weighted by Crippen LogP contribution is 2.38. The molecule has 96 valence electrons. The second-order valence-electron chi connectivity index (χ2n) is 5.19. The summed E-state index contributed by atoms with van der Waals surface area (Å²) >= 11 is 0. The van der Waals surface area contributed by atoms with Crippen molar-refractivity contribution in [2.45, 2.75) is 43.9 Å². The number of nitrogens with zero attached hydrogens (tertiary/aromatic N) is 2. The number of fused-ring (bicyclic) bond motifs is 2. The molecule has 18 heavy (non-hydrogen) atoms. The Morgan fingerprint density at radius 2 is 2.00 bits per heavy atom. The predicted octanol–water partition coefficient (Wildman–Crippen LogP) is 0.673. The fourth-order valence-electron chi connectivity index (χ4n) is 3.21. The lowest BCUT2D eigenvalue weighted by Gasteiger charge is -2.38. The number of carbonyl (C=O) groups excluding carboxylic acids is 1. The molecular formula is C13H17N3O2. The SMILES string of the molecule is NC(=O)c1ccc(N2C3CCC2CC(O)C3)nc1. The normalized spacial score (nSPS) is 30.5. The number of hydrogen-bond acceptors (Lipinski definition) is 4. The van der Waals surface area contributed by atoms with E-state index in [0.717, 1.165) is 31.5 Å². The monoisotopic (exact) mass is 247 g/mol. The first-order valence-corrected chi connectivity index (χ1v) is 6.37. The molecule has 0 aromatic carbocycles. The van der Waals surface area contributed by atoms with Crippen LogP contribution in [0, 0.1) is 0 Å². The number of pyridine rings is 1. The van der Waals surface area contributed by atoms with Gasteiger partial charge in [-0.2, -0.15) is 0 Å². The first kappa shape index (κ1) is 11.5. The topological polar surface area (TPSA) is 79.5 Å². The molecule has 2 unspecified atom stereocenters. The zero-order chi connectivity index (χ0) is 12.7. The second-order valence-corrected chi connectivity index (χ2v) is 5.19. The minimum Gasteiger partial charge on any atom is -0.393 e. The van der Waals surface area contributed by atoms with E-state index in [1.165, 1.54) is 6.20 Å². The van der Waals surface area contributed by atoms with Crippen molar-refractivity contribution in [3.63, 3.8) is 0 Å². The van der Waals surface area contributed by atoms with Gasteiger partial charge in [-0.1, -0.05) is 0 Å². The van der Waals surface area contributed by atoms with Crippen LogP contribution in [0.25, 0.3) is 0 Å². The first-order chi connectivity index (χ1) is 8.65. The predicted molar refractivity (Wildman–Crippen MR) is 67.3 cm³/mol. The molecule has 1 aromatic rings. The van der Waals surface area contributed by atoms with E-state index in [1.807, 2.05) is 6.07 Å². The molecule has 2 saturated heterocycles. The number of aliphatic hydroxyl groups is 1. The molecule has 0 aliphatic carbocycles. The van der Waals surface area contributed by atoms with Gasteiger partial charge in [0.2, 0.25) is 5.91 Å². The Bertz CT molecular complexity index is 446. The van der Waals surface area contributed by atoms with Crippen LogP contribution < -0.4 is 10.6 Å². The summed E-state index contributed by atoms with van der Waals surface area (Å²) in [6, 6.07) is 4.33. The molecule has 2 fully saturated rings. The summed E-state index contributed by atoms with van der Waals surface area (Å²) in [5.74, 6) is 0.436. The summed E-state index contributed by atoms with van der Waals surface area (Å²) in [6.07, 6.45) is 5.21. The van der Waals surface area contributed by atoms with Crippen LogP contribution in [-0.4, -0.2) is 34.2 Å². The Hall–Kier alpha value is -1.62. The molecule has 1 amide bonds. The zero-order valence-corrected chi connectivity index (χ0v) is 10.1. The number of primary amides is 1. The standard InChI is InChI=1S/C13H17N3O2/c14-13(18)8-1-4-12(15-7-8)16-9-2-3-10(16)6-11(17)5-9/h1,4,7,9-11,17H,2-3,5-6H2,(H2,14,18). The number of aliphatic hydroxyl groups excluding tert-OH is 1. The quantitative estimate of drug-likeness (QED) is 0.805. The van der Waals surface area contributed by atoms with Gasteiger partial charge in [-0.15, -0.1) is 0 Å². The van der Waals surface area contributed by atoms with Crippen LogP contribution in [-0.2, 0) is 0 Å². The molecule has 2 aliphatic heterocycles. The summed E-state index contributed by atoms with van der Waals surface area (Å²) in [6.45, 7) is 0. The minimum absolute atomic E-state index is 0.177. The van der Waals surface area contributed by atoms with Crippen LogP contribution >= 0.6 is 0 Å². The van der Waals surface area contributed by atoms with Crippen LogP contribution in [0.3, 0.4) is 0 Å². The summed E-state index contributed by atoms with van der Waals surface area (Å²) in [5.41, 5.74) is 5.64. The Labute approximate surface area is 106 Å². The number of amides is 1. The van der Waals surface area contributed by atoms with Gasteiger partial charge in [0.05, 0.1) is 11.7 Å². The van der Waals surface area contributed by atoms with Crippen LogP contribution in [0.5, 0.6) is 0 Å². The van der Waals surface area contributed by atoms with Gasteiger partial charge in [-0.25, -0.2) is 4.98 Å². The number of piperidine rings is 1. The third-order valence-corrected chi connectivity index (χ3v) is 4.01. The summed E-state index contributed by atoms with van der Waals surface area (Å²) in [4.78, 5) is 17.6. The van der Waals surface area contributed by atoms with E-state index in [2.05, 4.69) is 9.88 Å². The smallest absolute Gasteiger partial charge is 0.250 e. The van der Waals surface area contributed by atoms with Crippen molar-refractivity contribution >= 4 is 11.7 Å². The molecule has 5 heteroatoms. The highest BCUT2D eigenvalue weighted by molar-refractivity contribution is 5.92. The third-order valence-electron chi connectivity index (χ3n) is 4.01. The fraction of sp³-hybridized carbons (Fsp3) is 0.538. The zero-order valence-electron chi connectivity index (χ0n) is 10.1. The van der Waals surface area contributed by atoms with Crippen LogP contribution in [0.15, 0.2) is 18.3 Å². The molecule has 0 radical (unpaired) electrons. The van der Waals surface area contributed by atoms with Crippen molar-refractivity contribution in [1.29, 1.82) is 0 Å². The van der Waals surface area contributed by atoms with Gasteiger partial charge in [0.25, 0.3) is 0 Å². The van der Waals surface area contributed by atoms with Crippen molar-refractivity contribution in [3.05, 3.63) is 23.9 Å². The van der Waals surface area contributed by atoms with Gasteiger partial charge in [0, 0.05) is 18.3 Å². The molecule has 5 nitrogen and oxygen atoms in total. The number of aromatic nitrogens is 1. The number of carbonyl (C=O) groups is 1. The van der Waals surface area contributed by atoms with Crippen molar-refractivity contribution in [2.24, 2.45) is 5.73 Å². The van der Waals surface area contributed by atoms with E-state index in [4.69, 9.17) is 5.73 Å². The summed E-state index contributed by atoms with van der Waals surface area (Å²) in [5, 5.41) is 9.76. The maximum atomic E-state index is 11.0. The third kappa shape index (κ3) is 1.84. The van der Waals surface area contributed by atoms with E-state index in [1.54, 1.807) is 6.07 Å². The van der Waals surface area contributed by atoms with Crippen molar-refractivity contribution in [1.82, 2.24) is 4.98 Å². The van der Waals surface area contributed by atoms with Crippen LogP contribution in [0.2, 0.25) is 0 Å². The second kappa shape index (κ2) is 4.24. The van der Waals surface area contributed by atoms with E-state index < -0.39 is 5.91 Å². The lowest BCUT2D eigenvalue weighted by molar-refractivity contribution is 0.1000. The number of rotatable bonds is 2. The molecule has 0 spiro atoms. The van der Waals surface area contributed by atoms with E-state index in [-0.39, 0.29) is 6.10 Å². The Kier molecular flexibility index (Phi) is 2.70. The molecule has 3 heterocycles. The highest BCUT2D eigenvalue weighted by Gasteiger charge is 2.40. The molecule has 3 rings (SSSR count). The lowest BCUT2D eigenvalue weighted by atomic mass is 10.00. The van der Waals surface area contributed by atoms with Crippen molar-refractivity contribution < 1.29 is 9.90 Å². The number of hydrogen-bond donors (Lipinski definition) is 2. The minimum atomic E-state index is -0.453. The van der Waals surface area contributed by atoms with Gasteiger partial charge in [-0.05, 0) is 37.8 Å². The molecule has 1 aromatic heterocycles. The van der Waals surface area contributed by atoms with E-state index >= 15 is 0 Å². The molecule has 3 N–H and O–H groups in total. The first-order valence-electron chi connectivity index (χ1n) is 6.37. The van der Waals surface area contributed by atoms with Crippen molar-refractivity contribution in [3.8, 4) is 0 Å². The van der Waals surface area contributed by atoms with Crippen molar-refractivity contribution in [2.75, 3.05) is 4.90 Å². The Morgan fingerprint density at radius 1 is 1.33 bits per heavy atom. The van der Waals surface area contributed by atoms with Gasteiger partial charge < -0.3 is 15.7 Å². The van der Waals surface area contributed by atoms with Crippen LogP contribution in [0.4, 0.5) is 5.82 Å². The van der Waals surface area contributed by atoms with Gasteiger partial charge in [0.1, 0.15) is 5.82 Å². The van der Waals surface area contributed by atoms with E-state index in [0.29, 0.717) is 17.6 Å². The van der Waals surface area contributed by atoms with Crippen LogP contribution in [0.1, 0.15) is 36.0 Å². The van der Waals surface area contributed by atoms with Gasteiger partial charge >= 0.3 is 0 Å². The Morgan fingerprint density at radius 3 is 2.50 bits per heavy atom. The number of anilines is 1. The maximum Gasteiger partial charge on any atom is 0.250 e. The fourth-order valence-corrected chi connectivity index (χ4v) is 3.21. The summed E-state index contributed by atoms with van der Waals surface area (Å²) < 4.78 is 0. The lowest BCUT2D eigenvalue weighted by Crippen LogP contribution is -2.45. The molecule has 2 bridgehead atoms. The summed E-state index contributed by atoms with van der Waals surface area (Å²) in [7, 11) is 0. The molecular weight excluding hydrogens is 230 g/mol. The largest absolute Gasteiger partial charge is 0.393 e.